The maximum atomic E-state index is 13.4. The number of benzene rings is 2. The van der Waals surface area contributed by atoms with Gasteiger partial charge in [-0.15, -0.1) is 0 Å². The van der Waals surface area contributed by atoms with Gasteiger partial charge in [0, 0.05) is 5.56 Å². The molecule has 2 aromatic carbocycles. The predicted molar refractivity (Wildman–Crippen MR) is 139 cm³/mol. The molecule has 0 spiro atoms. The van der Waals surface area contributed by atoms with Crippen molar-refractivity contribution in [1.82, 2.24) is 5.32 Å². The quantitative estimate of drug-likeness (QED) is 0.349. The fraction of sp³-hybridized carbons (Fsp3) is 0.400. The Bertz CT molecular complexity index is 1310. The minimum absolute atomic E-state index is 0.205. The standard InChI is InChI=1S/C30H30N2O6/c1-37-26(33)17-38-25-5-3-2-4-21(25)13-24-27(34)31-29(36)32(28(24)35)23-8-6-22(7-9-23)30-14-18-10-19(15-30)12-20(11-18)16-30/h2-9,13,18-20H,10-12,14-17H2,1H3,(H,31,34,36)/b24-13-. The van der Waals surface area contributed by atoms with Crippen molar-refractivity contribution < 1.29 is 28.7 Å². The van der Waals surface area contributed by atoms with E-state index in [0.717, 1.165) is 22.7 Å². The molecular weight excluding hydrogens is 484 g/mol. The van der Waals surface area contributed by atoms with E-state index in [9.17, 15) is 19.2 Å². The second-order valence-corrected chi connectivity index (χ2v) is 11.1. The van der Waals surface area contributed by atoms with Crippen LogP contribution in [0.5, 0.6) is 5.75 Å². The van der Waals surface area contributed by atoms with E-state index in [1.165, 1.54) is 57.3 Å². The number of para-hydroxylation sites is 1. The van der Waals surface area contributed by atoms with Gasteiger partial charge in [0.1, 0.15) is 11.3 Å². The summed E-state index contributed by atoms with van der Waals surface area (Å²) in [5.74, 6) is 0.672. The summed E-state index contributed by atoms with van der Waals surface area (Å²) >= 11 is 0. The van der Waals surface area contributed by atoms with E-state index in [0.29, 0.717) is 17.0 Å². The molecule has 7 rings (SSSR count). The van der Waals surface area contributed by atoms with Crippen LogP contribution in [0.4, 0.5) is 10.5 Å². The number of hydrogen-bond acceptors (Lipinski definition) is 6. The predicted octanol–water partition coefficient (Wildman–Crippen LogP) is 4.37. The number of nitrogens with zero attached hydrogens (tertiary/aromatic N) is 1. The van der Waals surface area contributed by atoms with Gasteiger partial charge in [-0.25, -0.2) is 14.5 Å². The van der Waals surface area contributed by atoms with Gasteiger partial charge in [0.25, 0.3) is 11.8 Å². The van der Waals surface area contributed by atoms with Crippen LogP contribution in [-0.2, 0) is 24.5 Å². The fourth-order valence-electron chi connectivity index (χ4n) is 7.40. The van der Waals surface area contributed by atoms with Gasteiger partial charge >= 0.3 is 12.0 Å². The molecular formula is C30H30N2O6. The zero-order valence-electron chi connectivity index (χ0n) is 21.3. The average Bonchev–Trinajstić information content (AvgIpc) is 2.89. The number of barbiturate groups is 1. The largest absolute Gasteiger partial charge is 0.481 e. The number of methoxy groups -OCH3 is 1. The third kappa shape index (κ3) is 4.27. The van der Waals surface area contributed by atoms with Gasteiger partial charge in [0.2, 0.25) is 0 Å². The van der Waals surface area contributed by atoms with Crippen molar-refractivity contribution in [3.63, 3.8) is 0 Å². The van der Waals surface area contributed by atoms with Crippen LogP contribution < -0.4 is 15.0 Å². The number of esters is 1. The molecule has 4 bridgehead atoms. The number of hydrogen-bond donors (Lipinski definition) is 1. The topological polar surface area (TPSA) is 102 Å². The first-order valence-electron chi connectivity index (χ1n) is 13.2. The van der Waals surface area contributed by atoms with Crippen molar-refractivity contribution in [3.05, 3.63) is 65.2 Å². The van der Waals surface area contributed by atoms with Crippen molar-refractivity contribution >= 4 is 35.6 Å². The Labute approximate surface area is 221 Å². The first kappa shape index (κ1) is 24.4. The van der Waals surface area contributed by atoms with Crippen LogP contribution in [0.2, 0.25) is 0 Å². The Morgan fingerprint density at radius 1 is 0.974 bits per heavy atom. The molecule has 4 amide bonds. The molecule has 2 aromatic rings. The molecule has 1 saturated heterocycles. The molecule has 0 unspecified atom stereocenters. The van der Waals surface area contributed by atoms with Crippen LogP contribution >= 0.6 is 0 Å². The minimum atomic E-state index is -0.788. The zero-order valence-corrected chi connectivity index (χ0v) is 21.3. The normalized spacial score (nSPS) is 29.0. The van der Waals surface area contributed by atoms with E-state index in [2.05, 4.69) is 22.2 Å². The second-order valence-electron chi connectivity index (χ2n) is 11.1. The van der Waals surface area contributed by atoms with Gasteiger partial charge in [0.15, 0.2) is 6.61 Å². The third-order valence-corrected chi connectivity index (χ3v) is 8.67. The molecule has 0 atom stereocenters. The highest BCUT2D eigenvalue weighted by Gasteiger charge is 2.51. The maximum absolute atomic E-state index is 13.4. The molecule has 0 radical (unpaired) electrons. The average molecular weight is 515 g/mol. The van der Waals surface area contributed by atoms with Crippen LogP contribution in [-0.4, -0.2) is 37.5 Å². The number of anilines is 1. The first-order valence-corrected chi connectivity index (χ1v) is 13.2. The highest BCUT2D eigenvalue weighted by Crippen LogP contribution is 2.60. The maximum Gasteiger partial charge on any atom is 0.343 e. The molecule has 4 aliphatic carbocycles. The highest BCUT2D eigenvalue weighted by molar-refractivity contribution is 6.39. The molecule has 0 aromatic heterocycles. The van der Waals surface area contributed by atoms with E-state index in [1.54, 1.807) is 24.3 Å². The molecule has 1 heterocycles. The van der Waals surface area contributed by atoms with Crippen molar-refractivity contribution in [2.75, 3.05) is 18.6 Å². The summed E-state index contributed by atoms with van der Waals surface area (Å²) < 4.78 is 10.1. The van der Waals surface area contributed by atoms with Crippen LogP contribution in [0.3, 0.4) is 0 Å². The van der Waals surface area contributed by atoms with Crippen LogP contribution in [0.25, 0.3) is 6.08 Å². The molecule has 5 fully saturated rings. The Morgan fingerprint density at radius 2 is 1.61 bits per heavy atom. The molecule has 1 N–H and O–H groups in total. The van der Waals surface area contributed by atoms with E-state index in [4.69, 9.17) is 4.74 Å². The monoisotopic (exact) mass is 514 g/mol. The van der Waals surface area contributed by atoms with Gasteiger partial charge in [0.05, 0.1) is 12.8 Å². The lowest BCUT2D eigenvalue weighted by atomic mass is 9.48. The summed E-state index contributed by atoms with van der Waals surface area (Å²) in [4.78, 5) is 51.4. The molecule has 8 nitrogen and oxygen atoms in total. The van der Waals surface area contributed by atoms with Gasteiger partial charge in [-0.1, -0.05) is 30.3 Å². The van der Waals surface area contributed by atoms with Crippen molar-refractivity contribution in [1.29, 1.82) is 0 Å². The number of ether oxygens (including phenoxy) is 2. The number of amides is 4. The number of imide groups is 2. The highest BCUT2D eigenvalue weighted by atomic mass is 16.6. The van der Waals surface area contributed by atoms with E-state index in [1.807, 2.05) is 12.1 Å². The van der Waals surface area contributed by atoms with Crippen LogP contribution in [0.15, 0.2) is 54.1 Å². The fourth-order valence-corrected chi connectivity index (χ4v) is 7.40. The Balaban J connectivity index is 1.26. The summed E-state index contributed by atoms with van der Waals surface area (Å²) in [6.45, 7) is -0.322. The minimum Gasteiger partial charge on any atom is -0.481 e. The number of urea groups is 1. The molecule has 38 heavy (non-hydrogen) atoms. The lowest BCUT2D eigenvalue weighted by Gasteiger charge is -2.57. The first-order chi connectivity index (χ1) is 18.3. The van der Waals surface area contributed by atoms with E-state index < -0.39 is 23.8 Å². The number of rotatable bonds is 6. The smallest absolute Gasteiger partial charge is 0.343 e. The Morgan fingerprint density at radius 3 is 2.24 bits per heavy atom. The van der Waals surface area contributed by atoms with E-state index in [-0.39, 0.29) is 17.6 Å². The molecule has 4 saturated carbocycles. The zero-order chi connectivity index (χ0) is 26.4. The van der Waals surface area contributed by atoms with Crippen LogP contribution in [0.1, 0.15) is 49.7 Å². The van der Waals surface area contributed by atoms with Gasteiger partial charge in [-0.05, 0) is 91.5 Å². The van der Waals surface area contributed by atoms with Gasteiger partial charge < -0.3 is 9.47 Å². The molecule has 1 aliphatic heterocycles. The molecule has 196 valence electrons. The second kappa shape index (κ2) is 9.42. The summed E-state index contributed by atoms with van der Waals surface area (Å²) in [5.41, 5.74) is 2.12. The number of carbonyl (C=O) groups is 4. The summed E-state index contributed by atoms with van der Waals surface area (Å²) in [6, 6.07) is 13.6. The van der Waals surface area contributed by atoms with Gasteiger partial charge in [-0.2, -0.15) is 0 Å². The third-order valence-electron chi connectivity index (χ3n) is 8.67. The van der Waals surface area contributed by atoms with E-state index >= 15 is 0 Å². The van der Waals surface area contributed by atoms with Gasteiger partial charge in [-0.3, -0.25) is 14.9 Å². The van der Waals surface area contributed by atoms with Crippen LogP contribution in [0, 0.1) is 17.8 Å². The molecule has 5 aliphatic rings. The van der Waals surface area contributed by atoms with Crippen molar-refractivity contribution in [2.24, 2.45) is 17.8 Å². The summed E-state index contributed by atoms with van der Waals surface area (Å²) in [5, 5.41) is 2.27. The number of carbonyl (C=O) groups excluding carboxylic acids is 4. The summed E-state index contributed by atoms with van der Waals surface area (Å²) in [7, 11) is 1.26. The Hall–Kier alpha value is -3.94. The lowest BCUT2D eigenvalue weighted by Crippen LogP contribution is -2.54. The molecule has 8 heteroatoms. The summed E-state index contributed by atoms with van der Waals surface area (Å²) in [6.07, 6.45) is 9.12. The SMILES string of the molecule is COC(=O)COc1ccccc1/C=C1/C(=O)NC(=O)N(c2ccc(C34CC5CC(CC(C5)C3)C4)cc2)C1=O. The lowest BCUT2D eigenvalue weighted by molar-refractivity contribution is -0.143. The Kier molecular flexibility index (Phi) is 6.05. The number of nitrogens with one attached hydrogen (secondary N) is 1. The van der Waals surface area contributed by atoms with Crippen molar-refractivity contribution in [3.8, 4) is 5.75 Å². The van der Waals surface area contributed by atoms with Crippen molar-refractivity contribution in [2.45, 2.75) is 43.9 Å².